The molecule has 2 aliphatic heterocycles. The van der Waals surface area contributed by atoms with Crippen molar-refractivity contribution in [1.82, 2.24) is 5.32 Å². The van der Waals surface area contributed by atoms with Crippen LogP contribution < -0.4 is 10.6 Å². The lowest BCUT2D eigenvalue weighted by Crippen LogP contribution is -2.28. The highest BCUT2D eigenvalue weighted by Gasteiger charge is 2.23. The number of carbonyl (C=O) groups is 2. The summed E-state index contributed by atoms with van der Waals surface area (Å²) in [6, 6.07) is 6.86. The van der Waals surface area contributed by atoms with E-state index in [4.69, 9.17) is 4.74 Å². The van der Waals surface area contributed by atoms with E-state index in [9.17, 15) is 9.59 Å². The van der Waals surface area contributed by atoms with E-state index < -0.39 is 0 Å². The fourth-order valence-corrected chi connectivity index (χ4v) is 3.05. The van der Waals surface area contributed by atoms with Crippen LogP contribution in [0.15, 0.2) is 29.3 Å². The summed E-state index contributed by atoms with van der Waals surface area (Å²) in [6.07, 6.45) is 1.25. The zero-order chi connectivity index (χ0) is 15.4. The molecule has 0 aromatic heterocycles. The van der Waals surface area contributed by atoms with E-state index in [0.717, 1.165) is 25.1 Å². The summed E-state index contributed by atoms with van der Waals surface area (Å²) in [5.74, 6) is 0.514. The van der Waals surface area contributed by atoms with E-state index in [-0.39, 0.29) is 17.9 Å². The molecule has 1 atom stereocenters. The van der Waals surface area contributed by atoms with Crippen LogP contribution in [0.2, 0.25) is 0 Å². The standard InChI is InChI=1S/C15H17N3O3S/c19-13(18-15-16-6-8-22-15)10-3-1-4-11(9-10)17-14(20)12-5-2-7-21-12/h1,3-4,9,12H,2,5-8H2,(H,17,20)(H,16,18,19)/t12-/m1/s1. The molecule has 0 radical (unpaired) electrons. The molecule has 1 aromatic carbocycles. The van der Waals surface area contributed by atoms with Crippen LogP contribution in [0.25, 0.3) is 0 Å². The summed E-state index contributed by atoms with van der Waals surface area (Å²) in [6.45, 7) is 1.36. The van der Waals surface area contributed by atoms with Gasteiger partial charge < -0.3 is 15.4 Å². The predicted octanol–water partition coefficient (Wildman–Crippen LogP) is 1.64. The lowest BCUT2D eigenvalue weighted by molar-refractivity contribution is -0.124. The molecule has 2 heterocycles. The second-order valence-corrected chi connectivity index (χ2v) is 6.14. The molecular weight excluding hydrogens is 302 g/mol. The highest BCUT2D eigenvalue weighted by molar-refractivity contribution is 8.14. The maximum absolute atomic E-state index is 12.2. The fourth-order valence-electron chi connectivity index (χ4n) is 2.33. The Morgan fingerprint density at radius 2 is 2.23 bits per heavy atom. The molecule has 22 heavy (non-hydrogen) atoms. The molecule has 7 heteroatoms. The average molecular weight is 319 g/mol. The molecule has 1 aromatic rings. The van der Waals surface area contributed by atoms with Crippen LogP contribution in [-0.2, 0) is 9.53 Å². The topological polar surface area (TPSA) is 79.8 Å². The minimum atomic E-state index is -0.387. The Balaban J connectivity index is 1.63. The molecule has 2 N–H and O–H groups in total. The van der Waals surface area contributed by atoms with Gasteiger partial charge in [-0.15, -0.1) is 0 Å². The van der Waals surface area contributed by atoms with Gasteiger partial charge in [0.25, 0.3) is 11.8 Å². The second-order valence-electron chi connectivity index (χ2n) is 5.06. The first-order chi connectivity index (χ1) is 10.7. The Labute approximate surface area is 132 Å². The maximum Gasteiger partial charge on any atom is 0.257 e. The number of benzene rings is 1. The number of carbonyl (C=O) groups excluding carboxylic acids is 2. The number of nitrogens with one attached hydrogen (secondary N) is 2. The number of aliphatic imine (C=N–C) groups is 1. The quantitative estimate of drug-likeness (QED) is 0.887. The van der Waals surface area contributed by atoms with Crippen LogP contribution in [0, 0.1) is 0 Å². The third-order valence-corrected chi connectivity index (χ3v) is 4.31. The van der Waals surface area contributed by atoms with Crippen molar-refractivity contribution in [1.29, 1.82) is 0 Å². The molecule has 0 saturated carbocycles. The second kappa shape index (κ2) is 6.93. The molecule has 3 rings (SSSR count). The number of hydrogen-bond donors (Lipinski definition) is 2. The molecule has 1 saturated heterocycles. The summed E-state index contributed by atoms with van der Waals surface area (Å²) < 4.78 is 5.34. The van der Waals surface area contributed by atoms with Gasteiger partial charge in [0.15, 0.2) is 5.17 Å². The number of anilines is 1. The van der Waals surface area contributed by atoms with E-state index in [2.05, 4.69) is 15.6 Å². The van der Waals surface area contributed by atoms with E-state index >= 15 is 0 Å². The van der Waals surface area contributed by atoms with Crippen molar-refractivity contribution in [3.05, 3.63) is 29.8 Å². The van der Waals surface area contributed by atoms with Crippen LogP contribution in [0.4, 0.5) is 5.69 Å². The third-order valence-electron chi connectivity index (χ3n) is 3.42. The van der Waals surface area contributed by atoms with Crippen molar-refractivity contribution in [2.75, 3.05) is 24.2 Å². The monoisotopic (exact) mass is 319 g/mol. The van der Waals surface area contributed by atoms with Crippen LogP contribution in [0.1, 0.15) is 23.2 Å². The highest BCUT2D eigenvalue weighted by Crippen LogP contribution is 2.17. The van der Waals surface area contributed by atoms with Crippen LogP contribution in [0.3, 0.4) is 0 Å². The molecule has 2 aliphatic rings. The summed E-state index contributed by atoms with van der Waals surface area (Å²) in [7, 11) is 0. The van der Waals surface area contributed by atoms with E-state index in [1.807, 2.05) is 0 Å². The Morgan fingerprint density at radius 1 is 1.32 bits per heavy atom. The Kier molecular flexibility index (Phi) is 4.74. The largest absolute Gasteiger partial charge is 0.368 e. The Morgan fingerprint density at radius 3 is 2.95 bits per heavy atom. The molecule has 0 aliphatic carbocycles. The SMILES string of the molecule is O=C(NC1=NCCS1)c1cccc(NC(=O)[C@H]2CCCO2)c1. The average Bonchev–Trinajstić information content (AvgIpc) is 3.21. The Hall–Kier alpha value is -1.86. The lowest BCUT2D eigenvalue weighted by Gasteiger charge is -2.11. The van der Waals surface area contributed by atoms with Crippen molar-refractivity contribution < 1.29 is 14.3 Å². The highest BCUT2D eigenvalue weighted by atomic mass is 32.2. The molecular formula is C15H17N3O3S. The molecule has 2 amide bonds. The number of amidine groups is 1. The normalized spacial score (nSPS) is 20.5. The summed E-state index contributed by atoms with van der Waals surface area (Å²) >= 11 is 1.53. The predicted molar refractivity (Wildman–Crippen MR) is 86.3 cm³/mol. The van der Waals surface area contributed by atoms with Gasteiger partial charge in [-0.05, 0) is 31.0 Å². The number of ether oxygens (including phenoxy) is 1. The Bertz CT molecular complexity index is 612. The van der Waals surface area contributed by atoms with Crippen molar-refractivity contribution in [2.24, 2.45) is 4.99 Å². The van der Waals surface area contributed by atoms with E-state index in [0.29, 0.717) is 23.0 Å². The number of thioether (sulfide) groups is 1. The van der Waals surface area contributed by atoms with Gasteiger partial charge in [-0.25, -0.2) is 0 Å². The fraction of sp³-hybridized carbons (Fsp3) is 0.400. The number of hydrogen-bond acceptors (Lipinski definition) is 5. The lowest BCUT2D eigenvalue weighted by atomic mass is 10.1. The van der Waals surface area contributed by atoms with E-state index in [1.165, 1.54) is 11.8 Å². The first-order valence-corrected chi connectivity index (χ1v) is 8.22. The zero-order valence-electron chi connectivity index (χ0n) is 12.0. The first kappa shape index (κ1) is 15.1. The van der Waals surface area contributed by atoms with Crippen LogP contribution in [0.5, 0.6) is 0 Å². The number of rotatable bonds is 3. The smallest absolute Gasteiger partial charge is 0.257 e. The van der Waals surface area contributed by atoms with Crippen LogP contribution >= 0.6 is 11.8 Å². The molecule has 1 fully saturated rings. The summed E-state index contributed by atoms with van der Waals surface area (Å²) in [4.78, 5) is 28.4. The molecule has 0 unspecified atom stereocenters. The van der Waals surface area contributed by atoms with Gasteiger partial charge in [-0.3, -0.25) is 14.6 Å². The molecule has 116 valence electrons. The van der Waals surface area contributed by atoms with Gasteiger partial charge in [0.2, 0.25) is 0 Å². The van der Waals surface area contributed by atoms with Crippen molar-refractivity contribution in [3.8, 4) is 0 Å². The van der Waals surface area contributed by atoms with Gasteiger partial charge in [-0.2, -0.15) is 0 Å². The van der Waals surface area contributed by atoms with Gasteiger partial charge in [0, 0.05) is 23.6 Å². The first-order valence-electron chi connectivity index (χ1n) is 7.23. The van der Waals surface area contributed by atoms with Gasteiger partial charge >= 0.3 is 0 Å². The third kappa shape index (κ3) is 3.66. The van der Waals surface area contributed by atoms with Crippen LogP contribution in [-0.4, -0.2) is 42.0 Å². The van der Waals surface area contributed by atoms with Crippen molar-refractivity contribution >= 4 is 34.4 Å². The molecule has 0 spiro atoms. The number of amides is 2. The summed E-state index contributed by atoms with van der Waals surface area (Å²) in [5.41, 5.74) is 1.08. The minimum absolute atomic E-state index is 0.161. The van der Waals surface area contributed by atoms with Gasteiger partial charge in [-0.1, -0.05) is 17.8 Å². The van der Waals surface area contributed by atoms with Crippen molar-refractivity contribution in [3.63, 3.8) is 0 Å². The van der Waals surface area contributed by atoms with Gasteiger partial charge in [0.05, 0.1) is 6.54 Å². The van der Waals surface area contributed by atoms with Crippen molar-refractivity contribution in [2.45, 2.75) is 18.9 Å². The minimum Gasteiger partial charge on any atom is -0.368 e. The summed E-state index contributed by atoms with van der Waals surface area (Å²) in [5, 5.41) is 6.21. The number of nitrogens with zero attached hydrogens (tertiary/aromatic N) is 1. The molecule has 0 bridgehead atoms. The van der Waals surface area contributed by atoms with E-state index in [1.54, 1.807) is 24.3 Å². The zero-order valence-corrected chi connectivity index (χ0v) is 12.8. The maximum atomic E-state index is 12.2. The molecule has 6 nitrogen and oxygen atoms in total. The van der Waals surface area contributed by atoms with Gasteiger partial charge in [0.1, 0.15) is 6.10 Å².